The maximum Gasteiger partial charge on any atom is 0.312 e. The fourth-order valence-corrected chi connectivity index (χ4v) is 2.97. The van der Waals surface area contributed by atoms with E-state index in [1.807, 2.05) is 12.1 Å². The summed E-state index contributed by atoms with van der Waals surface area (Å²) in [4.78, 5) is 22.6. The number of phenols is 1. The molecule has 0 radical (unpaired) electrons. The van der Waals surface area contributed by atoms with Crippen molar-refractivity contribution in [2.24, 2.45) is 5.10 Å². The second-order valence-electron chi connectivity index (χ2n) is 7.68. The SMILES string of the molecule is CC(C)(C)c1ccc2c(c1)OC(C(=O)N/N=C\c1cc(Cl)cc([N+](=O)[O-])c1O)CO2. The number of rotatable bonds is 4. The van der Waals surface area contributed by atoms with Gasteiger partial charge in [-0.2, -0.15) is 5.10 Å². The van der Waals surface area contributed by atoms with E-state index in [1.54, 1.807) is 6.07 Å². The number of phenolic OH excluding ortho intramolecular Hbond substituents is 1. The number of fused-ring (bicyclic) bond motifs is 1. The van der Waals surface area contributed by atoms with Gasteiger partial charge in [0.05, 0.1) is 11.1 Å². The summed E-state index contributed by atoms with van der Waals surface area (Å²) in [5.74, 6) is -0.176. The number of ether oxygens (including phenoxy) is 2. The molecule has 2 aromatic carbocycles. The molecular formula is C20H20ClN3O6. The van der Waals surface area contributed by atoms with Crippen molar-refractivity contribution < 1.29 is 24.3 Å². The molecule has 1 aliphatic heterocycles. The van der Waals surface area contributed by atoms with Crippen LogP contribution in [0.4, 0.5) is 5.69 Å². The number of nitrogens with one attached hydrogen (secondary N) is 1. The second-order valence-corrected chi connectivity index (χ2v) is 8.12. The van der Waals surface area contributed by atoms with Crippen LogP contribution in [0, 0.1) is 10.1 Å². The lowest BCUT2D eigenvalue weighted by Gasteiger charge is -2.27. The number of hydrazone groups is 1. The number of hydrogen-bond donors (Lipinski definition) is 2. The highest BCUT2D eigenvalue weighted by atomic mass is 35.5. The van der Waals surface area contributed by atoms with Crippen molar-refractivity contribution in [1.29, 1.82) is 0 Å². The maximum atomic E-state index is 12.4. The summed E-state index contributed by atoms with van der Waals surface area (Å²) in [5, 5.41) is 24.7. The third-order valence-corrected chi connectivity index (χ3v) is 4.64. The van der Waals surface area contributed by atoms with Crippen LogP contribution in [0.1, 0.15) is 31.9 Å². The number of amides is 1. The molecule has 2 N–H and O–H groups in total. The molecule has 0 aliphatic carbocycles. The van der Waals surface area contributed by atoms with Crippen LogP contribution in [0.3, 0.4) is 0 Å². The van der Waals surface area contributed by atoms with E-state index in [1.165, 1.54) is 6.07 Å². The minimum Gasteiger partial charge on any atom is -0.502 e. The van der Waals surface area contributed by atoms with Crippen molar-refractivity contribution >= 4 is 29.4 Å². The highest BCUT2D eigenvalue weighted by Gasteiger charge is 2.28. The van der Waals surface area contributed by atoms with Crippen LogP contribution in [0.25, 0.3) is 0 Å². The Kier molecular flexibility index (Phi) is 5.84. The first-order valence-electron chi connectivity index (χ1n) is 9.00. The standard InChI is InChI=1S/C20H20ClN3O6/c1-20(2,3)12-4-5-15-16(7-12)30-17(10-29-15)19(26)23-22-9-11-6-13(21)8-14(18(11)25)24(27)28/h4-9,17,25H,10H2,1-3H3,(H,23,26)/b22-9-. The van der Waals surface area contributed by atoms with E-state index >= 15 is 0 Å². The number of carbonyl (C=O) groups excluding carboxylic acids is 1. The number of nitro groups is 1. The molecule has 0 spiro atoms. The van der Waals surface area contributed by atoms with Crippen LogP contribution in [0.2, 0.25) is 5.02 Å². The van der Waals surface area contributed by atoms with Crippen molar-refractivity contribution in [3.8, 4) is 17.2 Å². The van der Waals surface area contributed by atoms with Crippen molar-refractivity contribution in [1.82, 2.24) is 5.43 Å². The fourth-order valence-electron chi connectivity index (χ4n) is 2.75. The van der Waals surface area contributed by atoms with Gasteiger partial charge in [0.2, 0.25) is 11.9 Å². The molecule has 0 aromatic heterocycles. The lowest BCUT2D eigenvalue weighted by molar-refractivity contribution is -0.385. The number of halogens is 1. The van der Waals surface area contributed by atoms with Gasteiger partial charge in [0, 0.05) is 16.7 Å². The first kappa shape index (κ1) is 21.4. The number of hydrogen-bond acceptors (Lipinski definition) is 7. The Labute approximate surface area is 177 Å². The Morgan fingerprint density at radius 3 is 2.73 bits per heavy atom. The molecule has 9 nitrogen and oxygen atoms in total. The molecule has 158 valence electrons. The van der Waals surface area contributed by atoms with Crippen LogP contribution in [0.15, 0.2) is 35.4 Å². The molecule has 0 bridgehead atoms. The van der Waals surface area contributed by atoms with Gasteiger partial charge in [0.1, 0.15) is 6.61 Å². The van der Waals surface area contributed by atoms with Gasteiger partial charge >= 0.3 is 5.69 Å². The third kappa shape index (κ3) is 4.62. The third-order valence-electron chi connectivity index (χ3n) is 4.42. The van der Waals surface area contributed by atoms with E-state index in [-0.39, 0.29) is 22.6 Å². The summed E-state index contributed by atoms with van der Waals surface area (Å²) in [5.41, 5.74) is 2.62. The van der Waals surface area contributed by atoms with Crippen molar-refractivity contribution in [2.45, 2.75) is 32.3 Å². The average Bonchev–Trinajstić information content (AvgIpc) is 2.68. The largest absolute Gasteiger partial charge is 0.502 e. The molecule has 0 saturated heterocycles. The molecule has 1 heterocycles. The van der Waals surface area contributed by atoms with Gasteiger partial charge in [-0.15, -0.1) is 0 Å². The minimum atomic E-state index is -0.938. The molecule has 1 atom stereocenters. The molecule has 2 aromatic rings. The van der Waals surface area contributed by atoms with Gasteiger partial charge in [0.15, 0.2) is 11.5 Å². The number of carbonyl (C=O) groups is 1. The highest BCUT2D eigenvalue weighted by molar-refractivity contribution is 6.31. The summed E-state index contributed by atoms with van der Waals surface area (Å²) in [6.45, 7) is 6.18. The summed E-state index contributed by atoms with van der Waals surface area (Å²) >= 11 is 5.82. The van der Waals surface area contributed by atoms with Crippen LogP contribution >= 0.6 is 11.6 Å². The van der Waals surface area contributed by atoms with Crippen LogP contribution in [0.5, 0.6) is 17.2 Å². The van der Waals surface area contributed by atoms with Crippen LogP contribution in [-0.2, 0) is 10.2 Å². The fraction of sp³-hybridized carbons (Fsp3) is 0.300. The molecule has 1 aliphatic rings. The molecule has 0 saturated carbocycles. The quantitative estimate of drug-likeness (QED) is 0.432. The van der Waals surface area contributed by atoms with E-state index in [9.17, 15) is 20.0 Å². The summed E-state index contributed by atoms with van der Waals surface area (Å²) in [6, 6.07) is 7.88. The van der Waals surface area contributed by atoms with Gasteiger partial charge in [-0.3, -0.25) is 14.9 Å². The molecular weight excluding hydrogens is 414 g/mol. The lowest BCUT2D eigenvalue weighted by atomic mass is 9.87. The topological polar surface area (TPSA) is 123 Å². The Bertz CT molecular complexity index is 1030. The normalized spacial score (nSPS) is 15.8. The highest BCUT2D eigenvalue weighted by Crippen LogP contribution is 2.36. The molecule has 3 rings (SSSR count). The zero-order valence-electron chi connectivity index (χ0n) is 16.5. The van der Waals surface area contributed by atoms with Gasteiger partial charge in [-0.25, -0.2) is 5.43 Å². The van der Waals surface area contributed by atoms with Crippen molar-refractivity contribution in [2.75, 3.05) is 6.61 Å². The Morgan fingerprint density at radius 2 is 2.07 bits per heavy atom. The van der Waals surface area contributed by atoms with E-state index in [0.717, 1.165) is 17.8 Å². The van der Waals surface area contributed by atoms with Crippen LogP contribution in [-0.4, -0.2) is 34.9 Å². The molecule has 0 fully saturated rings. The number of aromatic hydroxyl groups is 1. The Hall–Kier alpha value is -3.33. The summed E-state index contributed by atoms with van der Waals surface area (Å²) in [6.07, 6.45) is 0.119. The Balaban J connectivity index is 1.70. The van der Waals surface area contributed by atoms with E-state index in [0.29, 0.717) is 11.5 Å². The van der Waals surface area contributed by atoms with Gasteiger partial charge in [-0.1, -0.05) is 38.4 Å². The zero-order chi connectivity index (χ0) is 22.1. The smallest absolute Gasteiger partial charge is 0.312 e. The predicted molar refractivity (Wildman–Crippen MR) is 111 cm³/mol. The first-order chi connectivity index (χ1) is 14.1. The number of nitro benzene ring substituents is 1. The molecule has 10 heteroatoms. The number of nitrogens with zero attached hydrogens (tertiary/aromatic N) is 2. The summed E-state index contributed by atoms with van der Waals surface area (Å²) < 4.78 is 11.4. The molecule has 30 heavy (non-hydrogen) atoms. The molecule has 1 amide bonds. The monoisotopic (exact) mass is 433 g/mol. The minimum absolute atomic E-state index is 0.00287. The van der Waals surface area contributed by atoms with E-state index in [4.69, 9.17) is 21.1 Å². The first-order valence-corrected chi connectivity index (χ1v) is 9.38. The predicted octanol–water partition coefficient (Wildman–Crippen LogP) is 3.54. The zero-order valence-corrected chi connectivity index (χ0v) is 17.3. The van der Waals surface area contributed by atoms with E-state index < -0.39 is 28.4 Å². The van der Waals surface area contributed by atoms with Gasteiger partial charge < -0.3 is 14.6 Å². The van der Waals surface area contributed by atoms with Gasteiger partial charge in [-0.05, 0) is 29.2 Å². The second kappa shape index (κ2) is 8.19. The molecule has 1 unspecified atom stereocenters. The van der Waals surface area contributed by atoms with Crippen molar-refractivity contribution in [3.63, 3.8) is 0 Å². The summed E-state index contributed by atoms with van der Waals surface area (Å²) in [7, 11) is 0. The van der Waals surface area contributed by atoms with Crippen LogP contribution < -0.4 is 14.9 Å². The van der Waals surface area contributed by atoms with E-state index in [2.05, 4.69) is 31.3 Å². The Morgan fingerprint density at radius 1 is 1.33 bits per heavy atom. The van der Waals surface area contributed by atoms with Crippen molar-refractivity contribution in [3.05, 3.63) is 56.6 Å². The van der Waals surface area contributed by atoms with Gasteiger partial charge in [0.25, 0.3) is 5.91 Å². The number of benzene rings is 2. The maximum absolute atomic E-state index is 12.4. The lowest BCUT2D eigenvalue weighted by Crippen LogP contribution is -2.42. The average molecular weight is 434 g/mol.